The maximum Gasteiger partial charge on any atom is 0.265 e. The van der Waals surface area contributed by atoms with Crippen LogP contribution in [0.4, 0.5) is 10.1 Å². The summed E-state index contributed by atoms with van der Waals surface area (Å²) in [7, 11) is 0. The van der Waals surface area contributed by atoms with Crippen molar-refractivity contribution in [3.63, 3.8) is 0 Å². The number of fused-ring (bicyclic) bond motifs is 1. The van der Waals surface area contributed by atoms with Gasteiger partial charge in [-0.2, -0.15) is 0 Å². The van der Waals surface area contributed by atoms with Gasteiger partial charge in [-0.25, -0.2) is 4.39 Å². The Morgan fingerprint density at radius 3 is 2.83 bits per heavy atom. The summed E-state index contributed by atoms with van der Waals surface area (Å²) in [5, 5.41) is 2.69. The van der Waals surface area contributed by atoms with Gasteiger partial charge in [0.2, 0.25) is 6.79 Å². The Bertz CT molecular complexity index is 753. The predicted molar refractivity (Wildman–Crippen MR) is 85.4 cm³/mol. The molecule has 1 heterocycles. The molecule has 0 radical (unpaired) electrons. The Morgan fingerprint density at radius 2 is 2.04 bits per heavy atom. The zero-order valence-electron chi connectivity index (χ0n) is 12.1. The van der Waals surface area contributed by atoms with Crippen molar-refractivity contribution in [1.82, 2.24) is 0 Å². The highest BCUT2D eigenvalue weighted by molar-refractivity contribution is 9.10. The van der Waals surface area contributed by atoms with Crippen molar-refractivity contribution in [2.24, 2.45) is 0 Å². The van der Waals surface area contributed by atoms with E-state index in [1.807, 2.05) is 0 Å². The molecule has 0 fully saturated rings. The van der Waals surface area contributed by atoms with E-state index in [9.17, 15) is 9.18 Å². The Labute approximate surface area is 140 Å². The van der Waals surface area contributed by atoms with Crippen molar-refractivity contribution < 1.29 is 23.4 Å². The number of halogens is 2. The van der Waals surface area contributed by atoms with Gasteiger partial charge in [0, 0.05) is 16.2 Å². The Hall–Kier alpha value is -2.28. The fourth-order valence-electron chi connectivity index (χ4n) is 2.03. The van der Waals surface area contributed by atoms with Crippen LogP contribution in [-0.2, 0) is 4.79 Å². The second-order valence-electron chi connectivity index (χ2n) is 4.89. The molecule has 0 aromatic heterocycles. The monoisotopic (exact) mass is 381 g/mol. The van der Waals surface area contributed by atoms with Crippen molar-refractivity contribution in [2.45, 2.75) is 13.0 Å². The van der Waals surface area contributed by atoms with Crippen LogP contribution >= 0.6 is 15.9 Å². The summed E-state index contributed by atoms with van der Waals surface area (Å²) >= 11 is 3.16. The van der Waals surface area contributed by atoms with Gasteiger partial charge in [0.15, 0.2) is 29.2 Å². The first-order chi connectivity index (χ1) is 11.0. The molecular formula is C16H13BrFNO4. The van der Waals surface area contributed by atoms with Gasteiger partial charge in [-0.3, -0.25) is 4.79 Å². The molecule has 23 heavy (non-hydrogen) atoms. The number of benzene rings is 2. The standard InChI is InChI=1S/C16H13BrFNO4/c1-9(23-13-4-2-10(17)6-12(13)18)16(20)19-11-3-5-14-15(7-11)22-8-21-14/h2-7,9H,8H2,1H3,(H,19,20)/t9-/m1/s1. The lowest BCUT2D eigenvalue weighted by molar-refractivity contribution is -0.122. The molecule has 0 aliphatic carbocycles. The number of rotatable bonds is 4. The molecule has 1 aliphatic rings. The highest BCUT2D eigenvalue weighted by atomic mass is 79.9. The molecule has 1 atom stereocenters. The first-order valence-corrected chi connectivity index (χ1v) is 7.64. The van der Waals surface area contributed by atoms with Crippen LogP contribution in [0.25, 0.3) is 0 Å². The van der Waals surface area contributed by atoms with E-state index in [1.54, 1.807) is 31.2 Å². The van der Waals surface area contributed by atoms with Crippen LogP contribution in [-0.4, -0.2) is 18.8 Å². The van der Waals surface area contributed by atoms with Crippen LogP contribution in [0.15, 0.2) is 40.9 Å². The molecule has 0 spiro atoms. The fourth-order valence-corrected chi connectivity index (χ4v) is 2.37. The number of carbonyl (C=O) groups is 1. The summed E-state index contributed by atoms with van der Waals surface area (Å²) in [6, 6.07) is 9.44. The van der Waals surface area contributed by atoms with Gasteiger partial charge in [-0.1, -0.05) is 15.9 Å². The molecule has 2 aromatic rings. The van der Waals surface area contributed by atoms with Crippen molar-refractivity contribution in [1.29, 1.82) is 0 Å². The van der Waals surface area contributed by atoms with Crippen LogP contribution < -0.4 is 19.5 Å². The number of anilines is 1. The number of nitrogens with one attached hydrogen (secondary N) is 1. The van der Waals surface area contributed by atoms with E-state index in [0.29, 0.717) is 21.7 Å². The molecular weight excluding hydrogens is 369 g/mol. The summed E-state index contributed by atoms with van der Waals surface area (Å²) in [5.74, 6) is 0.273. The quantitative estimate of drug-likeness (QED) is 0.876. The molecule has 5 nitrogen and oxygen atoms in total. The number of ether oxygens (including phenoxy) is 3. The van der Waals surface area contributed by atoms with E-state index in [2.05, 4.69) is 21.2 Å². The second-order valence-corrected chi connectivity index (χ2v) is 5.81. The molecule has 7 heteroatoms. The molecule has 1 amide bonds. The minimum Gasteiger partial charge on any atom is -0.478 e. The molecule has 120 valence electrons. The molecule has 1 aliphatic heterocycles. The minimum atomic E-state index is -0.865. The summed E-state index contributed by atoms with van der Waals surface area (Å²) in [6.07, 6.45) is -0.865. The highest BCUT2D eigenvalue weighted by Gasteiger charge is 2.19. The van der Waals surface area contributed by atoms with Crippen molar-refractivity contribution in [2.75, 3.05) is 12.1 Å². The molecule has 3 rings (SSSR count). The Kier molecular flexibility index (Phi) is 4.38. The molecule has 1 N–H and O–H groups in total. The summed E-state index contributed by atoms with van der Waals surface area (Å²) < 4.78 is 30.1. The SMILES string of the molecule is C[C@@H](Oc1ccc(Br)cc1F)C(=O)Nc1ccc2c(c1)OCO2. The van der Waals surface area contributed by atoms with E-state index in [1.165, 1.54) is 12.1 Å². The topological polar surface area (TPSA) is 56.8 Å². The van der Waals surface area contributed by atoms with Crippen molar-refractivity contribution in [3.05, 3.63) is 46.7 Å². The summed E-state index contributed by atoms with van der Waals surface area (Å²) in [6.45, 7) is 1.71. The van der Waals surface area contributed by atoms with Gasteiger partial charge < -0.3 is 19.5 Å². The number of carbonyl (C=O) groups excluding carboxylic acids is 1. The second kappa shape index (κ2) is 6.45. The lowest BCUT2D eigenvalue weighted by atomic mass is 10.2. The third kappa shape index (κ3) is 3.56. The number of amides is 1. The van der Waals surface area contributed by atoms with Crippen molar-refractivity contribution >= 4 is 27.5 Å². The van der Waals surface area contributed by atoms with Crippen molar-refractivity contribution in [3.8, 4) is 17.2 Å². The van der Waals surface area contributed by atoms with Gasteiger partial charge >= 0.3 is 0 Å². The molecule has 2 aromatic carbocycles. The summed E-state index contributed by atoms with van der Waals surface area (Å²) in [5.41, 5.74) is 0.547. The van der Waals surface area contributed by atoms with Crippen LogP contribution in [0, 0.1) is 5.82 Å². The molecule has 0 unspecified atom stereocenters. The molecule has 0 saturated heterocycles. The van der Waals surface area contributed by atoms with Gasteiger partial charge in [0.1, 0.15) is 0 Å². The highest BCUT2D eigenvalue weighted by Crippen LogP contribution is 2.34. The van der Waals surface area contributed by atoms with Crippen LogP contribution in [0.2, 0.25) is 0 Å². The normalized spacial score (nSPS) is 13.5. The van der Waals surface area contributed by atoms with E-state index in [4.69, 9.17) is 14.2 Å². The van der Waals surface area contributed by atoms with Gasteiger partial charge in [-0.15, -0.1) is 0 Å². The zero-order chi connectivity index (χ0) is 16.4. The average Bonchev–Trinajstić information content (AvgIpc) is 2.97. The van der Waals surface area contributed by atoms with Crippen LogP contribution in [0.5, 0.6) is 17.2 Å². The third-order valence-corrected chi connectivity index (χ3v) is 3.70. The smallest absolute Gasteiger partial charge is 0.265 e. The van der Waals surface area contributed by atoms with Gasteiger partial charge in [-0.05, 0) is 37.3 Å². The zero-order valence-corrected chi connectivity index (χ0v) is 13.7. The van der Waals surface area contributed by atoms with Gasteiger partial charge in [0.05, 0.1) is 0 Å². The first-order valence-electron chi connectivity index (χ1n) is 6.85. The molecule has 0 bridgehead atoms. The van der Waals surface area contributed by atoms with Gasteiger partial charge in [0.25, 0.3) is 5.91 Å². The molecule has 0 saturated carbocycles. The lowest BCUT2D eigenvalue weighted by Gasteiger charge is -2.15. The fraction of sp³-hybridized carbons (Fsp3) is 0.188. The van der Waals surface area contributed by atoms with E-state index in [-0.39, 0.29) is 12.5 Å². The van der Waals surface area contributed by atoms with Crippen LogP contribution in [0.3, 0.4) is 0 Å². The Balaban J connectivity index is 1.65. The third-order valence-electron chi connectivity index (χ3n) is 3.21. The maximum atomic E-state index is 13.7. The largest absolute Gasteiger partial charge is 0.478 e. The van der Waals surface area contributed by atoms with E-state index in [0.717, 1.165) is 0 Å². The average molecular weight is 382 g/mol. The van der Waals surface area contributed by atoms with E-state index >= 15 is 0 Å². The predicted octanol–water partition coefficient (Wildman–Crippen LogP) is 3.72. The summed E-state index contributed by atoms with van der Waals surface area (Å²) in [4.78, 5) is 12.2. The van der Waals surface area contributed by atoms with Crippen LogP contribution in [0.1, 0.15) is 6.92 Å². The number of hydrogen-bond acceptors (Lipinski definition) is 4. The Morgan fingerprint density at radius 1 is 1.26 bits per heavy atom. The number of hydrogen-bond donors (Lipinski definition) is 1. The maximum absolute atomic E-state index is 13.7. The van der Waals surface area contributed by atoms with E-state index < -0.39 is 17.8 Å². The first kappa shape index (κ1) is 15.6. The minimum absolute atomic E-state index is 0.0153. The lowest BCUT2D eigenvalue weighted by Crippen LogP contribution is -2.30.